The van der Waals surface area contributed by atoms with E-state index in [4.69, 9.17) is 0 Å². The Hall–Kier alpha value is -1.63. The van der Waals surface area contributed by atoms with Crippen LogP contribution in [0.2, 0.25) is 0 Å². The van der Waals surface area contributed by atoms with Gasteiger partial charge in [0.05, 0.1) is 5.75 Å². The van der Waals surface area contributed by atoms with Crippen molar-refractivity contribution in [1.82, 2.24) is 14.6 Å². The van der Waals surface area contributed by atoms with E-state index in [-0.39, 0.29) is 11.5 Å². The maximum absolute atomic E-state index is 11.3. The van der Waals surface area contributed by atoms with Crippen molar-refractivity contribution in [2.45, 2.75) is 6.92 Å². The molecule has 2 rings (SSSR count). The van der Waals surface area contributed by atoms with E-state index in [2.05, 4.69) is 15.4 Å². The van der Waals surface area contributed by atoms with Crippen LogP contribution < -0.4 is 5.32 Å². The van der Waals surface area contributed by atoms with Gasteiger partial charge in [-0.15, -0.1) is 5.10 Å². The number of nitrogens with zero attached hydrogens (tertiary/aromatic N) is 3. The van der Waals surface area contributed by atoms with Gasteiger partial charge in [0.15, 0.2) is 15.5 Å². The van der Waals surface area contributed by atoms with Crippen molar-refractivity contribution in [3.63, 3.8) is 0 Å². The number of anilines is 1. The zero-order chi connectivity index (χ0) is 12.3. The van der Waals surface area contributed by atoms with Crippen LogP contribution in [0.4, 0.5) is 5.95 Å². The highest BCUT2D eigenvalue weighted by Crippen LogP contribution is 2.04. The third kappa shape index (κ3) is 2.94. The molecule has 2 aromatic rings. The molecule has 0 aliphatic carbocycles. The summed E-state index contributed by atoms with van der Waals surface area (Å²) in [5.41, 5.74) is 0.730. The van der Waals surface area contributed by atoms with Crippen LogP contribution in [-0.2, 0) is 9.84 Å². The summed E-state index contributed by atoms with van der Waals surface area (Å²) < 4.78 is 24.2. The Bertz CT molecular complexity index is 573. The van der Waals surface area contributed by atoms with Crippen LogP contribution in [0.5, 0.6) is 0 Å². The Labute approximate surface area is 99.6 Å². The third-order valence-electron chi connectivity index (χ3n) is 2.38. The lowest BCUT2D eigenvalue weighted by Crippen LogP contribution is -2.17. The molecule has 0 aliphatic rings. The average molecular weight is 254 g/mol. The van der Waals surface area contributed by atoms with Crippen LogP contribution in [0, 0.1) is 0 Å². The van der Waals surface area contributed by atoms with Crippen molar-refractivity contribution in [1.29, 1.82) is 0 Å². The molecule has 0 amide bonds. The van der Waals surface area contributed by atoms with Crippen LogP contribution in [0.1, 0.15) is 6.92 Å². The standard InChI is InChI=1S/C10H14N4O2S/c1-2-17(15,16)8-6-11-10-12-9-5-3-4-7-14(9)13-10/h3-5,7H,2,6,8H2,1H3,(H,11,13). The topological polar surface area (TPSA) is 76.4 Å². The van der Waals surface area contributed by atoms with E-state index in [1.54, 1.807) is 17.6 Å². The largest absolute Gasteiger partial charge is 0.352 e. The molecule has 92 valence electrons. The number of fused-ring (bicyclic) bond motifs is 1. The summed E-state index contributed by atoms with van der Waals surface area (Å²) in [6.07, 6.45) is 1.79. The van der Waals surface area contributed by atoms with Crippen LogP contribution in [0.25, 0.3) is 5.65 Å². The van der Waals surface area contributed by atoms with E-state index in [0.29, 0.717) is 12.5 Å². The van der Waals surface area contributed by atoms with Crippen molar-refractivity contribution in [3.8, 4) is 0 Å². The minimum absolute atomic E-state index is 0.0963. The lowest BCUT2D eigenvalue weighted by atomic mass is 10.5. The summed E-state index contributed by atoms with van der Waals surface area (Å²) in [5, 5.41) is 7.06. The van der Waals surface area contributed by atoms with Gasteiger partial charge in [-0.2, -0.15) is 4.98 Å². The van der Waals surface area contributed by atoms with Gasteiger partial charge < -0.3 is 5.32 Å². The van der Waals surface area contributed by atoms with Crippen LogP contribution in [0.3, 0.4) is 0 Å². The van der Waals surface area contributed by atoms with Crippen molar-refractivity contribution >= 4 is 21.4 Å². The van der Waals surface area contributed by atoms with Crippen LogP contribution >= 0.6 is 0 Å². The first-order valence-electron chi connectivity index (χ1n) is 5.36. The van der Waals surface area contributed by atoms with E-state index in [1.165, 1.54) is 0 Å². The van der Waals surface area contributed by atoms with Gasteiger partial charge in [0.25, 0.3) is 0 Å². The number of hydrogen-bond acceptors (Lipinski definition) is 5. The second kappa shape index (κ2) is 4.70. The molecular formula is C10H14N4O2S. The van der Waals surface area contributed by atoms with E-state index in [0.717, 1.165) is 5.65 Å². The summed E-state index contributed by atoms with van der Waals surface area (Å²) in [5.74, 6) is 0.703. The smallest absolute Gasteiger partial charge is 0.243 e. The lowest BCUT2D eigenvalue weighted by Gasteiger charge is -2.01. The molecule has 0 radical (unpaired) electrons. The summed E-state index contributed by atoms with van der Waals surface area (Å²) in [6.45, 7) is 1.96. The zero-order valence-corrected chi connectivity index (χ0v) is 10.3. The Morgan fingerprint density at radius 3 is 2.94 bits per heavy atom. The molecule has 0 unspecified atom stereocenters. The highest BCUT2D eigenvalue weighted by Gasteiger charge is 2.07. The first-order chi connectivity index (χ1) is 8.11. The predicted octanol–water partition coefficient (Wildman–Crippen LogP) is 0.576. The fraction of sp³-hybridized carbons (Fsp3) is 0.400. The Balaban J connectivity index is 2.00. The molecule has 0 saturated carbocycles. The molecule has 0 saturated heterocycles. The second-order valence-electron chi connectivity index (χ2n) is 3.60. The fourth-order valence-corrected chi connectivity index (χ4v) is 2.07. The highest BCUT2D eigenvalue weighted by atomic mass is 32.2. The van der Waals surface area contributed by atoms with Gasteiger partial charge in [-0.05, 0) is 12.1 Å². The Morgan fingerprint density at radius 2 is 2.24 bits per heavy atom. The summed E-state index contributed by atoms with van der Waals surface area (Å²) in [7, 11) is -2.94. The second-order valence-corrected chi connectivity index (χ2v) is 6.07. The third-order valence-corrected chi connectivity index (χ3v) is 4.08. The monoisotopic (exact) mass is 254 g/mol. The first-order valence-corrected chi connectivity index (χ1v) is 7.18. The summed E-state index contributed by atoms with van der Waals surface area (Å²) in [6, 6.07) is 5.56. The number of rotatable bonds is 5. The van der Waals surface area contributed by atoms with E-state index < -0.39 is 9.84 Å². The number of pyridine rings is 1. The van der Waals surface area contributed by atoms with Gasteiger partial charge in [0, 0.05) is 18.5 Å². The lowest BCUT2D eigenvalue weighted by molar-refractivity contribution is 0.597. The molecule has 0 aromatic carbocycles. The molecule has 2 aromatic heterocycles. The minimum Gasteiger partial charge on any atom is -0.352 e. The molecule has 1 N–H and O–H groups in total. The normalized spacial score (nSPS) is 11.8. The number of hydrogen-bond donors (Lipinski definition) is 1. The maximum atomic E-state index is 11.3. The Morgan fingerprint density at radius 1 is 1.41 bits per heavy atom. The molecule has 7 heteroatoms. The summed E-state index contributed by atoms with van der Waals surface area (Å²) in [4.78, 5) is 4.20. The molecule has 6 nitrogen and oxygen atoms in total. The van der Waals surface area contributed by atoms with Gasteiger partial charge in [-0.25, -0.2) is 12.9 Å². The maximum Gasteiger partial charge on any atom is 0.243 e. The van der Waals surface area contributed by atoms with Crippen molar-refractivity contribution < 1.29 is 8.42 Å². The van der Waals surface area contributed by atoms with Crippen molar-refractivity contribution in [2.24, 2.45) is 0 Å². The SMILES string of the molecule is CCS(=O)(=O)CCNc1nc2ccccn2n1. The zero-order valence-electron chi connectivity index (χ0n) is 9.50. The van der Waals surface area contributed by atoms with E-state index >= 15 is 0 Å². The van der Waals surface area contributed by atoms with Crippen LogP contribution in [-0.4, -0.2) is 41.1 Å². The molecule has 0 aliphatic heterocycles. The molecule has 17 heavy (non-hydrogen) atoms. The van der Waals surface area contributed by atoms with Crippen LogP contribution in [0.15, 0.2) is 24.4 Å². The quantitative estimate of drug-likeness (QED) is 0.844. The summed E-state index contributed by atoms with van der Waals surface area (Å²) >= 11 is 0. The fourth-order valence-electron chi connectivity index (χ4n) is 1.37. The Kier molecular flexibility index (Phi) is 3.28. The van der Waals surface area contributed by atoms with Gasteiger partial charge in [0.2, 0.25) is 5.95 Å². The van der Waals surface area contributed by atoms with E-state index in [1.807, 2.05) is 18.2 Å². The molecule has 0 bridgehead atoms. The minimum atomic E-state index is -2.94. The molecule has 0 fully saturated rings. The number of nitrogens with one attached hydrogen (secondary N) is 1. The van der Waals surface area contributed by atoms with Crippen molar-refractivity contribution in [2.75, 3.05) is 23.4 Å². The highest BCUT2D eigenvalue weighted by molar-refractivity contribution is 7.91. The molecule has 2 heterocycles. The average Bonchev–Trinajstić information content (AvgIpc) is 2.71. The van der Waals surface area contributed by atoms with Crippen molar-refractivity contribution in [3.05, 3.63) is 24.4 Å². The number of aromatic nitrogens is 3. The predicted molar refractivity (Wildman–Crippen MR) is 65.8 cm³/mol. The van der Waals surface area contributed by atoms with Gasteiger partial charge in [0.1, 0.15) is 0 Å². The molecular weight excluding hydrogens is 240 g/mol. The van der Waals surface area contributed by atoms with Gasteiger partial charge >= 0.3 is 0 Å². The molecule has 0 atom stereocenters. The number of sulfone groups is 1. The molecule has 0 spiro atoms. The van der Waals surface area contributed by atoms with Gasteiger partial charge in [-0.3, -0.25) is 0 Å². The first kappa shape index (κ1) is 11.8. The van der Waals surface area contributed by atoms with E-state index in [9.17, 15) is 8.42 Å². The van der Waals surface area contributed by atoms with Gasteiger partial charge in [-0.1, -0.05) is 13.0 Å².